The van der Waals surface area contributed by atoms with Crippen LogP contribution in [0.5, 0.6) is 0 Å². The van der Waals surface area contributed by atoms with E-state index in [1.165, 1.54) is 122 Å². The third-order valence-electron chi connectivity index (χ3n) is 17.8. The molecular weight excluding hydrogens is 1050 g/mol. The Hall–Kier alpha value is -5.38. The smallest absolute Gasteiger partial charge is 0.128 e. The van der Waals surface area contributed by atoms with E-state index in [0.717, 1.165) is 64.1 Å². The number of hydrogen-bond donors (Lipinski definition) is 2. The van der Waals surface area contributed by atoms with E-state index in [4.69, 9.17) is 0 Å². The minimum Gasteiger partial charge on any atom is -0.369 e. The molecule has 14 nitrogen and oxygen atoms in total. The second-order valence-electron chi connectivity index (χ2n) is 26.7. The van der Waals surface area contributed by atoms with Gasteiger partial charge in [-0.1, -0.05) is 119 Å². The fourth-order valence-electron chi connectivity index (χ4n) is 11.3. The molecule has 5 aliphatic rings. The summed E-state index contributed by atoms with van der Waals surface area (Å²) in [5.74, 6) is 5.54. The Labute approximate surface area is 516 Å². The molecule has 470 valence electrons. The number of benzene rings is 2. The minimum absolute atomic E-state index is 0.578. The maximum absolute atomic E-state index is 4.48. The van der Waals surface area contributed by atoms with Crippen LogP contribution in [0.15, 0.2) is 104 Å². The summed E-state index contributed by atoms with van der Waals surface area (Å²) in [5.41, 5.74) is 11.2. The van der Waals surface area contributed by atoms with E-state index < -0.39 is 0 Å². The minimum atomic E-state index is 0.578. The zero-order valence-corrected chi connectivity index (χ0v) is 56.0. The highest BCUT2D eigenvalue weighted by atomic mass is 15.3. The molecule has 5 aliphatic heterocycles. The lowest BCUT2D eigenvalue weighted by molar-refractivity contribution is 0.212. The Bertz CT molecular complexity index is 2630. The van der Waals surface area contributed by atoms with Gasteiger partial charge in [-0.2, -0.15) is 15.3 Å². The molecule has 5 saturated heterocycles. The van der Waals surface area contributed by atoms with Gasteiger partial charge in [-0.25, -0.2) is 4.98 Å². The van der Waals surface area contributed by atoms with E-state index in [0.29, 0.717) is 47.6 Å². The van der Waals surface area contributed by atoms with E-state index in [9.17, 15) is 0 Å². The van der Waals surface area contributed by atoms with E-state index in [1.807, 2.05) is 42.7 Å². The summed E-state index contributed by atoms with van der Waals surface area (Å²) in [7, 11) is 8.54. The van der Waals surface area contributed by atoms with Crippen LogP contribution in [0.4, 0.5) is 11.5 Å². The molecule has 5 fully saturated rings. The van der Waals surface area contributed by atoms with Crippen LogP contribution in [-0.2, 0) is 7.05 Å². The summed E-state index contributed by atoms with van der Waals surface area (Å²) < 4.78 is 6.15. The van der Waals surface area contributed by atoms with Crippen LogP contribution < -0.4 is 20.4 Å². The molecule has 0 amide bonds. The first-order chi connectivity index (χ1) is 40.7. The molecule has 0 radical (unpaired) electrons. The molecule has 11 rings (SSSR count). The van der Waals surface area contributed by atoms with Crippen molar-refractivity contribution in [3.8, 4) is 0 Å². The van der Waals surface area contributed by atoms with Crippen LogP contribution in [-0.4, -0.2) is 162 Å². The molecule has 0 saturated carbocycles. The highest BCUT2D eigenvalue weighted by molar-refractivity contribution is 5.48. The van der Waals surface area contributed by atoms with Crippen molar-refractivity contribution in [1.29, 1.82) is 0 Å². The van der Waals surface area contributed by atoms with Gasteiger partial charge in [0.25, 0.3) is 0 Å². The third kappa shape index (κ3) is 23.0. The first kappa shape index (κ1) is 68.7. The predicted molar refractivity (Wildman–Crippen MR) is 360 cm³/mol. The van der Waals surface area contributed by atoms with Gasteiger partial charge in [-0.3, -0.25) is 14.0 Å². The molecule has 6 aromatic rings. The fourth-order valence-corrected chi connectivity index (χ4v) is 11.3. The first-order valence-electron chi connectivity index (χ1n) is 32.9. The van der Waals surface area contributed by atoms with Crippen molar-refractivity contribution < 1.29 is 0 Å². The number of hydrogen-bond acceptors (Lipinski definition) is 11. The molecule has 0 unspecified atom stereocenters. The lowest BCUT2D eigenvalue weighted by Gasteiger charge is -2.34. The maximum atomic E-state index is 4.48. The summed E-state index contributed by atoms with van der Waals surface area (Å²) in [4.78, 5) is 16.5. The van der Waals surface area contributed by atoms with Crippen molar-refractivity contribution in [2.75, 3.05) is 123 Å². The Balaban J connectivity index is 0.000000165. The third-order valence-corrected chi connectivity index (χ3v) is 17.8. The molecule has 2 aromatic carbocycles. The van der Waals surface area contributed by atoms with Crippen molar-refractivity contribution in [3.63, 3.8) is 0 Å². The van der Waals surface area contributed by atoms with Crippen LogP contribution in [0.25, 0.3) is 0 Å². The molecule has 2 N–H and O–H groups in total. The number of piperazine rings is 2. The maximum Gasteiger partial charge on any atom is 0.128 e. The molecule has 4 aromatic heterocycles. The Morgan fingerprint density at radius 3 is 1.26 bits per heavy atom. The van der Waals surface area contributed by atoms with E-state index >= 15 is 0 Å². The van der Waals surface area contributed by atoms with Gasteiger partial charge in [-0.15, -0.1) is 0 Å². The lowest BCUT2D eigenvalue weighted by atomic mass is 9.88. The first-order valence-corrected chi connectivity index (χ1v) is 32.9. The zero-order valence-electron chi connectivity index (χ0n) is 56.0. The quantitative estimate of drug-likeness (QED) is 0.130. The average molecular weight is 1170 g/mol. The van der Waals surface area contributed by atoms with E-state index in [1.54, 1.807) is 0 Å². The standard InChI is InChI=1S/C15H23N.C14H22N2.C12H21N3.C12H19N3.C11H19N3.C7H12N2/c1-12(2)13-4-6-14(7-5-13)15-8-10-16(3)11-9-15;1-12(2)13-4-6-14(7-5-13)16-10-8-15(3)9-11-16;1-10(2)11-8-13-15(9-11)12-4-6-14(3)7-5-12;1-10(2)11-3-4-14-12(9-11)15-7-5-13-6-8-15;1-9(2)10-7-13-14(8-10)11-3-5-12-6-4-11;1-6(2)7-4-8-9(3)5-7/h4-7,12,15H,8-11H2,1-3H3;4-7,12H,8-11H2,1-3H3;8-10,12H,4-7H2,1-3H3;3-4,9-10,13H,5-8H2,1-2H3;7-9,11-12H,3-6H2,1-2H3;4-6H,1-3H3. The van der Waals surface area contributed by atoms with Gasteiger partial charge in [0, 0.05) is 89.9 Å². The Morgan fingerprint density at radius 1 is 0.388 bits per heavy atom. The zero-order chi connectivity index (χ0) is 61.4. The summed E-state index contributed by atoms with van der Waals surface area (Å²) in [6.07, 6.45) is 21.8. The van der Waals surface area contributed by atoms with Crippen molar-refractivity contribution >= 4 is 11.5 Å². The van der Waals surface area contributed by atoms with Crippen molar-refractivity contribution in [3.05, 3.63) is 143 Å². The molecule has 9 heterocycles. The van der Waals surface area contributed by atoms with Gasteiger partial charge in [0.2, 0.25) is 0 Å². The van der Waals surface area contributed by atoms with Gasteiger partial charge in [-0.05, 0) is 204 Å². The topological polar surface area (TPSA) is 107 Å². The predicted octanol–water partition coefficient (Wildman–Crippen LogP) is 13.5. The van der Waals surface area contributed by atoms with Crippen molar-refractivity contribution in [2.45, 2.75) is 175 Å². The monoisotopic (exact) mass is 1160 g/mol. The summed E-state index contributed by atoms with van der Waals surface area (Å²) >= 11 is 0. The van der Waals surface area contributed by atoms with Crippen molar-refractivity contribution in [2.24, 2.45) is 7.05 Å². The average Bonchev–Trinajstić information content (AvgIpc) is 4.41. The normalized spacial score (nSPS) is 17.9. The van der Waals surface area contributed by atoms with Crippen LogP contribution in [0.3, 0.4) is 0 Å². The molecule has 0 bridgehead atoms. The van der Waals surface area contributed by atoms with Crippen LogP contribution in [0.2, 0.25) is 0 Å². The Morgan fingerprint density at radius 2 is 0.812 bits per heavy atom. The van der Waals surface area contributed by atoms with E-state index in [2.05, 4.69) is 242 Å². The number of aromatic nitrogens is 7. The molecule has 0 atom stereocenters. The summed E-state index contributed by atoms with van der Waals surface area (Å²) in [5, 5.41) is 19.7. The SMILES string of the molecule is CC(C)c1ccc(C2CCN(C)CC2)cc1.CC(C)c1ccc(N2CCN(C)CC2)cc1.CC(C)c1ccnc(N2CCNCC2)c1.CC(C)c1cnn(C)c1.CC(C)c1cnn(C2CCN(C)CC2)c1.CC(C)c1cnn(C2CCNCC2)c1. The molecule has 0 spiro atoms. The van der Waals surface area contributed by atoms with E-state index in [-0.39, 0.29) is 0 Å². The number of pyridine rings is 1. The second kappa shape index (κ2) is 35.4. The number of aryl methyl sites for hydroxylation is 1. The number of likely N-dealkylation sites (N-methyl/N-ethyl adjacent to an activating group) is 1. The molecule has 85 heavy (non-hydrogen) atoms. The van der Waals surface area contributed by atoms with Crippen LogP contribution >= 0.6 is 0 Å². The Kier molecular flexibility index (Phi) is 28.7. The number of nitrogens with zero attached hydrogens (tertiary/aromatic N) is 12. The number of nitrogens with one attached hydrogen (secondary N) is 2. The molecule has 14 heteroatoms. The van der Waals surface area contributed by atoms with Gasteiger partial charge in [0.1, 0.15) is 5.82 Å². The van der Waals surface area contributed by atoms with Crippen LogP contribution in [0, 0.1) is 0 Å². The van der Waals surface area contributed by atoms with Gasteiger partial charge in [0.15, 0.2) is 0 Å². The van der Waals surface area contributed by atoms with Crippen molar-refractivity contribution in [1.82, 2.24) is 59.7 Å². The van der Waals surface area contributed by atoms with Crippen LogP contribution in [0.1, 0.15) is 214 Å². The highest BCUT2D eigenvalue weighted by Crippen LogP contribution is 2.29. The fraction of sp³-hybridized carbons (Fsp3) is 0.634. The number of rotatable bonds is 11. The van der Waals surface area contributed by atoms with Gasteiger partial charge < -0.3 is 35.1 Å². The summed E-state index contributed by atoms with van der Waals surface area (Å²) in [6, 6.07) is 23.9. The number of likely N-dealkylation sites (tertiary alicyclic amines) is 2. The molecular formula is C71H116N14. The van der Waals surface area contributed by atoms with Gasteiger partial charge in [0.05, 0.1) is 30.7 Å². The summed E-state index contributed by atoms with van der Waals surface area (Å²) in [6.45, 7) is 42.7. The molecule has 0 aliphatic carbocycles. The lowest BCUT2D eigenvalue weighted by Crippen LogP contribution is -2.44. The number of piperidine rings is 3. The second-order valence-corrected chi connectivity index (χ2v) is 26.7. The van der Waals surface area contributed by atoms with Gasteiger partial charge >= 0.3 is 0 Å². The largest absolute Gasteiger partial charge is 0.369 e. The number of anilines is 2. The highest BCUT2D eigenvalue weighted by Gasteiger charge is 2.21.